The molecule has 0 heterocycles. The average molecular weight is 204 g/mol. The van der Waals surface area contributed by atoms with Gasteiger partial charge in [-0.05, 0) is 18.1 Å². The first-order chi connectivity index (χ1) is 7.15. The number of carbonyl (C=O) groups is 2. The van der Waals surface area contributed by atoms with Gasteiger partial charge < -0.3 is 4.74 Å². The molecule has 0 aromatic heterocycles. The molecule has 0 bridgehead atoms. The van der Waals surface area contributed by atoms with Gasteiger partial charge in [0.15, 0.2) is 5.78 Å². The fourth-order valence-corrected chi connectivity index (χ4v) is 2.13. The number of hydrogen-bond acceptors (Lipinski definition) is 3. The molecule has 1 aliphatic carbocycles. The van der Waals surface area contributed by atoms with E-state index in [2.05, 4.69) is 0 Å². The molecule has 0 saturated heterocycles. The largest absolute Gasteiger partial charge is 0.469 e. The van der Waals surface area contributed by atoms with Gasteiger partial charge in [0.25, 0.3) is 0 Å². The number of benzene rings is 1. The van der Waals surface area contributed by atoms with Crippen LogP contribution in [0.5, 0.6) is 0 Å². The summed E-state index contributed by atoms with van der Waals surface area (Å²) in [6.45, 7) is 1.91. The molecule has 3 nitrogen and oxygen atoms in total. The molecule has 3 heteroatoms. The van der Waals surface area contributed by atoms with Crippen molar-refractivity contribution >= 4 is 11.8 Å². The predicted octanol–water partition coefficient (Wildman–Crippen LogP) is 1.84. The first kappa shape index (κ1) is 9.90. The van der Waals surface area contributed by atoms with Crippen molar-refractivity contribution in [1.82, 2.24) is 0 Å². The van der Waals surface area contributed by atoms with E-state index in [1.165, 1.54) is 7.11 Å². The fraction of sp³-hybridized carbons (Fsp3) is 0.333. The van der Waals surface area contributed by atoms with Crippen molar-refractivity contribution in [2.75, 3.05) is 7.11 Å². The Morgan fingerprint density at radius 2 is 2.20 bits per heavy atom. The van der Waals surface area contributed by atoms with Crippen LogP contribution >= 0.6 is 0 Å². The molecule has 1 atom stereocenters. The van der Waals surface area contributed by atoms with Gasteiger partial charge in [-0.1, -0.05) is 18.2 Å². The summed E-state index contributed by atoms with van der Waals surface area (Å²) in [6.07, 6.45) is 0.243. The Morgan fingerprint density at radius 1 is 1.47 bits per heavy atom. The summed E-state index contributed by atoms with van der Waals surface area (Å²) >= 11 is 0. The standard InChI is InChI=1S/C12H12O3/c1-7-4-3-5-8-10(13)6-9(11(7)8)12(14)15-2/h3-5,9H,6H2,1-2H3. The topological polar surface area (TPSA) is 43.4 Å². The second-order valence-electron chi connectivity index (χ2n) is 3.74. The Bertz CT molecular complexity index is 434. The van der Waals surface area contributed by atoms with Crippen molar-refractivity contribution in [1.29, 1.82) is 0 Å². The van der Waals surface area contributed by atoms with Gasteiger partial charge in [-0.15, -0.1) is 0 Å². The number of ether oxygens (including phenoxy) is 1. The minimum atomic E-state index is -0.404. The van der Waals surface area contributed by atoms with Crippen LogP contribution in [0, 0.1) is 6.92 Å². The molecule has 1 aromatic rings. The lowest BCUT2D eigenvalue weighted by Crippen LogP contribution is -2.12. The number of methoxy groups -OCH3 is 1. The summed E-state index contributed by atoms with van der Waals surface area (Å²) in [7, 11) is 1.35. The first-order valence-corrected chi connectivity index (χ1v) is 4.85. The van der Waals surface area contributed by atoms with E-state index in [4.69, 9.17) is 4.74 Å². The van der Waals surface area contributed by atoms with Gasteiger partial charge >= 0.3 is 5.97 Å². The number of Topliss-reactive ketones (excluding diaryl/α,β-unsaturated/α-hetero) is 1. The lowest BCUT2D eigenvalue weighted by molar-refractivity contribution is -0.142. The van der Waals surface area contributed by atoms with Crippen molar-refractivity contribution in [3.63, 3.8) is 0 Å². The summed E-state index contributed by atoms with van der Waals surface area (Å²) in [5.41, 5.74) is 2.49. The third-order valence-corrected chi connectivity index (χ3v) is 2.85. The molecule has 0 fully saturated rings. The van der Waals surface area contributed by atoms with Gasteiger partial charge in [-0.3, -0.25) is 9.59 Å². The molecule has 1 aliphatic rings. The number of rotatable bonds is 1. The molecule has 0 N–H and O–H groups in total. The molecule has 2 rings (SSSR count). The van der Waals surface area contributed by atoms with Crippen LogP contribution in [0.25, 0.3) is 0 Å². The molecule has 0 radical (unpaired) electrons. The number of fused-ring (bicyclic) bond motifs is 1. The van der Waals surface area contributed by atoms with E-state index in [1.807, 2.05) is 19.1 Å². The highest BCUT2D eigenvalue weighted by molar-refractivity contribution is 6.06. The summed E-state index contributed by atoms with van der Waals surface area (Å²) in [5.74, 6) is -0.695. The van der Waals surface area contributed by atoms with Crippen molar-refractivity contribution < 1.29 is 14.3 Å². The molecule has 1 aromatic carbocycles. The summed E-state index contributed by atoms with van der Waals surface area (Å²) < 4.78 is 4.70. The van der Waals surface area contributed by atoms with Gasteiger partial charge in [0, 0.05) is 12.0 Å². The molecular weight excluding hydrogens is 192 g/mol. The maximum Gasteiger partial charge on any atom is 0.313 e. The monoisotopic (exact) mass is 204 g/mol. The Hall–Kier alpha value is -1.64. The van der Waals surface area contributed by atoms with Crippen LogP contribution in [0.15, 0.2) is 18.2 Å². The minimum absolute atomic E-state index is 0.0316. The highest BCUT2D eigenvalue weighted by Crippen LogP contribution is 2.35. The molecule has 15 heavy (non-hydrogen) atoms. The van der Waals surface area contributed by atoms with Crippen LogP contribution in [-0.2, 0) is 9.53 Å². The predicted molar refractivity (Wildman–Crippen MR) is 54.9 cm³/mol. The van der Waals surface area contributed by atoms with Gasteiger partial charge in [0.2, 0.25) is 0 Å². The molecule has 78 valence electrons. The number of carbonyl (C=O) groups excluding carboxylic acids is 2. The third kappa shape index (κ3) is 1.44. The second kappa shape index (κ2) is 3.50. The lowest BCUT2D eigenvalue weighted by atomic mass is 9.97. The normalized spacial score (nSPS) is 18.8. The van der Waals surface area contributed by atoms with E-state index < -0.39 is 5.92 Å². The van der Waals surface area contributed by atoms with Gasteiger partial charge in [-0.25, -0.2) is 0 Å². The Kier molecular flexibility index (Phi) is 2.31. The van der Waals surface area contributed by atoms with Gasteiger partial charge in [0.1, 0.15) is 0 Å². The maximum absolute atomic E-state index is 11.6. The van der Waals surface area contributed by atoms with Crippen LogP contribution < -0.4 is 0 Å². The van der Waals surface area contributed by atoms with Crippen molar-refractivity contribution in [2.24, 2.45) is 0 Å². The Labute approximate surface area is 88.1 Å². The number of esters is 1. The zero-order valence-electron chi connectivity index (χ0n) is 8.74. The zero-order valence-corrected chi connectivity index (χ0v) is 8.74. The molecule has 0 saturated carbocycles. The Morgan fingerprint density at radius 3 is 2.87 bits per heavy atom. The van der Waals surface area contributed by atoms with Crippen LogP contribution in [0.2, 0.25) is 0 Å². The number of hydrogen-bond donors (Lipinski definition) is 0. The van der Waals surface area contributed by atoms with Gasteiger partial charge in [0.05, 0.1) is 13.0 Å². The average Bonchev–Trinajstić information content (AvgIpc) is 2.57. The van der Waals surface area contributed by atoms with E-state index >= 15 is 0 Å². The highest BCUT2D eigenvalue weighted by atomic mass is 16.5. The smallest absolute Gasteiger partial charge is 0.313 e. The summed E-state index contributed by atoms with van der Waals surface area (Å²) in [6, 6.07) is 5.52. The second-order valence-corrected chi connectivity index (χ2v) is 3.74. The van der Waals surface area contributed by atoms with E-state index in [9.17, 15) is 9.59 Å². The Balaban J connectivity index is 2.53. The zero-order chi connectivity index (χ0) is 11.0. The molecule has 0 amide bonds. The molecule has 0 aliphatic heterocycles. The maximum atomic E-state index is 11.6. The van der Waals surface area contributed by atoms with Crippen LogP contribution in [0.4, 0.5) is 0 Å². The van der Waals surface area contributed by atoms with E-state index in [-0.39, 0.29) is 18.2 Å². The number of ketones is 1. The molecular formula is C12H12O3. The van der Waals surface area contributed by atoms with E-state index in [1.54, 1.807) is 6.07 Å². The van der Waals surface area contributed by atoms with Crippen LogP contribution in [-0.4, -0.2) is 18.9 Å². The fourth-order valence-electron chi connectivity index (χ4n) is 2.13. The molecule has 1 unspecified atom stereocenters. The van der Waals surface area contributed by atoms with E-state index in [0.717, 1.165) is 11.1 Å². The SMILES string of the molecule is COC(=O)C1CC(=O)c2cccc(C)c21. The van der Waals surface area contributed by atoms with Crippen molar-refractivity contribution in [2.45, 2.75) is 19.3 Å². The first-order valence-electron chi connectivity index (χ1n) is 4.85. The van der Waals surface area contributed by atoms with Crippen molar-refractivity contribution in [3.8, 4) is 0 Å². The lowest BCUT2D eigenvalue weighted by Gasteiger charge is -2.10. The summed E-state index contributed by atoms with van der Waals surface area (Å²) in [4.78, 5) is 23.1. The van der Waals surface area contributed by atoms with Crippen LogP contribution in [0.3, 0.4) is 0 Å². The third-order valence-electron chi connectivity index (χ3n) is 2.85. The minimum Gasteiger partial charge on any atom is -0.469 e. The van der Waals surface area contributed by atoms with Crippen molar-refractivity contribution in [3.05, 3.63) is 34.9 Å². The highest BCUT2D eigenvalue weighted by Gasteiger charge is 2.35. The number of aryl methyl sites for hydroxylation is 1. The van der Waals surface area contributed by atoms with Gasteiger partial charge in [-0.2, -0.15) is 0 Å². The van der Waals surface area contributed by atoms with Crippen LogP contribution in [0.1, 0.15) is 33.8 Å². The molecule has 0 spiro atoms. The quantitative estimate of drug-likeness (QED) is 0.655. The summed E-state index contributed by atoms with van der Waals surface area (Å²) in [5, 5.41) is 0. The van der Waals surface area contributed by atoms with E-state index in [0.29, 0.717) is 5.56 Å².